The summed E-state index contributed by atoms with van der Waals surface area (Å²) in [5, 5.41) is 0. The SMILES string of the molecule is CCCCN(C)c1nc(Br)cn2ccnc12. The third-order valence-corrected chi connectivity index (χ3v) is 2.92. The normalized spacial score (nSPS) is 10.9. The molecular formula is C11H15BrN4. The molecule has 2 heterocycles. The van der Waals surface area contributed by atoms with E-state index in [0.29, 0.717) is 0 Å². The van der Waals surface area contributed by atoms with Gasteiger partial charge in [-0.1, -0.05) is 13.3 Å². The number of halogens is 1. The second kappa shape index (κ2) is 4.82. The summed E-state index contributed by atoms with van der Waals surface area (Å²) in [4.78, 5) is 11.0. The first kappa shape index (κ1) is 11.4. The Morgan fingerprint density at radius 2 is 2.31 bits per heavy atom. The van der Waals surface area contributed by atoms with Crippen molar-refractivity contribution in [2.75, 3.05) is 18.5 Å². The van der Waals surface area contributed by atoms with E-state index >= 15 is 0 Å². The quantitative estimate of drug-likeness (QED) is 0.865. The molecule has 0 radical (unpaired) electrons. The number of imidazole rings is 1. The van der Waals surface area contributed by atoms with Crippen LogP contribution in [0.25, 0.3) is 5.65 Å². The molecule has 0 aliphatic heterocycles. The van der Waals surface area contributed by atoms with Gasteiger partial charge in [0, 0.05) is 32.2 Å². The van der Waals surface area contributed by atoms with Crippen LogP contribution in [0.2, 0.25) is 0 Å². The van der Waals surface area contributed by atoms with Gasteiger partial charge in [-0.3, -0.25) is 0 Å². The number of nitrogens with zero attached hydrogens (tertiary/aromatic N) is 4. The highest BCUT2D eigenvalue weighted by molar-refractivity contribution is 9.10. The van der Waals surface area contributed by atoms with E-state index in [0.717, 1.165) is 29.0 Å². The van der Waals surface area contributed by atoms with E-state index in [1.54, 1.807) is 6.20 Å². The van der Waals surface area contributed by atoms with Crippen LogP contribution < -0.4 is 4.90 Å². The van der Waals surface area contributed by atoms with Crippen molar-refractivity contribution in [3.05, 3.63) is 23.2 Å². The predicted molar refractivity (Wildman–Crippen MR) is 68.9 cm³/mol. The predicted octanol–water partition coefficient (Wildman–Crippen LogP) is 2.73. The molecule has 16 heavy (non-hydrogen) atoms. The lowest BCUT2D eigenvalue weighted by molar-refractivity contribution is 0.758. The van der Waals surface area contributed by atoms with Crippen LogP contribution in [-0.2, 0) is 0 Å². The number of rotatable bonds is 4. The Morgan fingerprint density at radius 1 is 1.50 bits per heavy atom. The molecule has 2 aromatic heterocycles. The van der Waals surface area contributed by atoms with E-state index < -0.39 is 0 Å². The van der Waals surface area contributed by atoms with Gasteiger partial charge in [-0.15, -0.1) is 0 Å². The van der Waals surface area contributed by atoms with Gasteiger partial charge in [0.1, 0.15) is 4.60 Å². The van der Waals surface area contributed by atoms with Gasteiger partial charge in [0.25, 0.3) is 0 Å². The standard InChI is InChI=1S/C11H15BrN4/c1-3-4-6-15(2)11-10-13-5-7-16(10)8-9(12)14-11/h5,7-8H,3-4,6H2,1-2H3. The molecule has 2 rings (SSSR count). The van der Waals surface area contributed by atoms with E-state index in [-0.39, 0.29) is 0 Å². The van der Waals surface area contributed by atoms with Crippen molar-refractivity contribution in [1.82, 2.24) is 14.4 Å². The Kier molecular flexibility index (Phi) is 3.43. The number of hydrogen-bond acceptors (Lipinski definition) is 3. The van der Waals surface area contributed by atoms with Gasteiger partial charge in [-0.25, -0.2) is 9.97 Å². The summed E-state index contributed by atoms with van der Waals surface area (Å²) >= 11 is 3.42. The molecule has 0 aromatic carbocycles. The van der Waals surface area contributed by atoms with Crippen molar-refractivity contribution < 1.29 is 0 Å². The van der Waals surface area contributed by atoms with Crippen molar-refractivity contribution in [1.29, 1.82) is 0 Å². The van der Waals surface area contributed by atoms with Crippen LogP contribution in [0.4, 0.5) is 5.82 Å². The van der Waals surface area contributed by atoms with Gasteiger partial charge in [-0.2, -0.15) is 0 Å². The average molecular weight is 283 g/mol. The first-order valence-corrected chi connectivity index (χ1v) is 6.22. The lowest BCUT2D eigenvalue weighted by atomic mass is 10.3. The van der Waals surface area contributed by atoms with Crippen molar-refractivity contribution in [3.63, 3.8) is 0 Å². The van der Waals surface area contributed by atoms with Gasteiger partial charge in [0.2, 0.25) is 0 Å². The number of hydrogen-bond donors (Lipinski definition) is 0. The van der Waals surface area contributed by atoms with Crippen LogP contribution in [0, 0.1) is 0 Å². The van der Waals surface area contributed by atoms with Gasteiger partial charge in [-0.05, 0) is 22.4 Å². The Balaban J connectivity index is 2.38. The molecule has 86 valence electrons. The minimum absolute atomic E-state index is 0.830. The molecule has 0 saturated heterocycles. The maximum Gasteiger partial charge on any atom is 0.180 e. The monoisotopic (exact) mass is 282 g/mol. The number of unbranched alkanes of at least 4 members (excludes halogenated alkanes) is 1. The zero-order valence-corrected chi connectivity index (χ0v) is 11.1. The maximum atomic E-state index is 4.49. The molecular weight excluding hydrogens is 268 g/mol. The highest BCUT2D eigenvalue weighted by Crippen LogP contribution is 2.20. The molecule has 0 bridgehead atoms. The van der Waals surface area contributed by atoms with Gasteiger partial charge in [0.15, 0.2) is 11.5 Å². The molecule has 4 nitrogen and oxygen atoms in total. The molecule has 0 amide bonds. The topological polar surface area (TPSA) is 33.4 Å². The second-order valence-electron chi connectivity index (χ2n) is 3.82. The van der Waals surface area contributed by atoms with Crippen molar-refractivity contribution in [3.8, 4) is 0 Å². The molecule has 0 atom stereocenters. The largest absolute Gasteiger partial charge is 0.357 e. The minimum atomic E-state index is 0.830. The fourth-order valence-electron chi connectivity index (χ4n) is 1.64. The van der Waals surface area contributed by atoms with Crippen LogP contribution in [0.15, 0.2) is 23.2 Å². The van der Waals surface area contributed by atoms with E-state index in [1.807, 2.05) is 16.8 Å². The van der Waals surface area contributed by atoms with Gasteiger partial charge < -0.3 is 9.30 Å². The Bertz CT molecular complexity index is 480. The zero-order chi connectivity index (χ0) is 11.5. The van der Waals surface area contributed by atoms with Crippen LogP contribution in [0.5, 0.6) is 0 Å². The smallest absolute Gasteiger partial charge is 0.180 e. The van der Waals surface area contributed by atoms with Crippen molar-refractivity contribution in [2.24, 2.45) is 0 Å². The first-order chi connectivity index (χ1) is 7.72. The average Bonchev–Trinajstić information content (AvgIpc) is 2.72. The highest BCUT2D eigenvalue weighted by atomic mass is 79.9. The fourth-order valence-corrected chi connectivity index (χ4v) is 2.03. The molecule has 0 N–H and O–H groups in total. The maximum absolute atomic E-state index is 4.49. The summed E-state index contributed by atoms with van der Waals surface area (Å²) in [5.41, 5.74) is 0.904. The summed E-state index contributed by atoms with van der Waals surface area (Å²) in [5.74, 6) is 0.924. The zero-order valence-electron chi connectivity index (χ0n) is 9.52. The molecule has 0 saturated carbocycles. The molecule has 0 aliphatic carbocycles. The minimum Gasteiger partial charge on any atom is -0.357 e. The third-order valence-electron chi connectivity index (χ3n) is 2.54. The Labute approximate surface area is 103 Å². The van der Waals surface area contributed by atoms with Gasteiger partial charge in [0.05, 0.1) is 0 Å². The molecule has 5 heteroatoms. The molecule has 2 aromatic rings. The second-order valence-corrected chi connectivity index (χ2v) is 4.63. The van der Waals surface area contributed by atoms with E-state index in [1.165, 1.54) is 6.42 Å². The number of anilines is 1. The van der Waals surface area contributed by atoms with E-state index in [2.05, 4.69) is 44.8 Å². The van der Waals surface area contributed by atoms with Gasteiger partial charge >= 0.3 is 0 Å². The summed E-state index contributed by atoms with van der Waals surface area (Å²) in [6.07, 6.45) is 7.99. The summed E-state index contributed by atoms with van der Waals surface area (Å²) in [7, 11) is 2.05. The molecule has 0 spiro atoms. The summed E-state index contributed by atoms with van der Waals surface area (Å²) < 4.78 is 2.81. The number of aromatic nitrogens is 3. The summed E-state index contributed by atoms with van der Waals surface area (Å²) in [6, 6.07) is 0. The van der Waals surface area contributed by atoms with Crippen LogP contribution in [-0.4, -0.2) is 28.0 Å². The highest BCUT2D eigenvalue weighted by Gasteiger charge is 2.10. The van der Waals surface area contributed by atoms with E-state index in [4.69, 9.17) is 0 Å². The molecule has 0 unspecified atom stereocenters. The lowest BCUT2D eigenvalue weighted by Crippen LogP contribution is -2.20. The Hall–Kier alpha value is -1.10. The molecule has 0 fully saturated rings. The lowest BCUT2D eigenvalue weighted by Gasteiger charge is -2.18. The Morgan fingerprint density at radius 3 is 3.06 bits per heavy atom. The summed E-state index contributed by atoms with van der Waals surface area (Å²) in [6.45, 7) is 3.19. The van der Waals surface area contributed by atoms with Crippen LogP contribution >= 0.6 is 15.9 Å². The van der Waals surface area contributed by atoms with E-state index in [9.17, 15) is 0 Å². The third kappa shape index (κ3) is 2.19. The van der Waals surface area contributed by atoms with Crippen LogP contribution in [0.1, 0.15) is 19.8 Å². The van der Waals surface area contributed by atoms with Crippen molar-refractivity contribution in [2.45, 2.75) is 19.8 Å². The van der Waals surface area contributed by atoms with Crippen molar-refractivity contribution >= 4 is 27.4 Å². The molecule has 0 aliphatic rings. The van der Waals surface area contributed by atoms with Crippen LogP contribution in [0.3, 0.4) is 0 Å². The fraction of sp³-hybridized carbons (Fsp3) is 0.455. The first-order valence-electron chi connectivity index (χ1n) is 5.42. The number of fused-ring (bicyclic) bond motifs is 1.